The van der Waals surface area contributed by atoms with Crippen molar-refractivity contribution in [3.8, 4) is 0 Å². The highest BCUT2D eigenvalue weighted by Crippen LogP contribution is 2.20. The van der Waals surface area contributed by atoms with Gasteiger partial charge in [0.05, 0.1) is 0 Å². The van der Waals surface area contributed by atoms with Gasteiger partial charge in [-0.25, -0.2) is 4.98 Å². The van der Waals surface area contributed by atoms with Gasteiger partial charge in [-0.2, -0.15) is 4.98 Å². The Morgan fingerprint density at radius 2 is 2.38 bits per heavy atom. The minimum atomic E-state index is -0.279. The van der Waals surface area contributed by atoms with Gasteiger partial charge in [0, 0.05) is 19.2 Å². The zero-order valence-corrected chi connectivity index (χ0v) is 9.53. The van der Waals surface area contributed by atoms with Crippen LogP contribution in [-0.4, -0.2) is 35.0 Å². The van der Waals surface area contributed by atoms with E-state index in [9.17, 15) is 4.79 Å². The fraction of sp³-hybridized carbons (Fsp3) is 0.444. The molecule has 16 heavy (non-hydrogen) atoms. The standard InChI is InChI=1S/C9H12ClN5O/c1-5-8(16)12-2-3-15(5)7-4-6(10)13-9(11)14-7/h4-5H,2-3H2,1H3,(H,12,16)(H2,11,13,14). The molecule has 0 spiro atoms. The van der Waals surface area contributed by atoms with E-state index in [1.54, 1.807) is 13.0 Å². The lowest BCUT2D eigenvalue weighted by Gasteiger charge is -2.33. The summed E-state index contributed by atoms with van der Waals surface area (Å²) >= 11 is 5.80. The van der Waals surface area contributed by atoms with Gasteiger partial charge < -0.3 is 16.0 Å². The van der Waals surface area contributed by atoms with Crippen LogP contribution in [-0.2, 0) is 4.79 Å². The third-order valence-corrected chi connectivity index (χ3v) is 2.69. The number of halogens is 1. The van der Waals surface area contributed by atoms with Crippen molar-refractivity contribution in [3.05, 3.63) is 11.2 Å². The van der Waals surface area contributed by atoms with Gasteiger partial charge in [0.25, 0.3) is 0 Å². The number of piperazine rings is 1. The number of aromatic nitrogens is 2. The van der Waals surface area contributed by atoms with Crippen LogP contribution >= 0.6 is 11.6 Å². The molecule has 1 fully saturated rings. The Balaban J connectivity index is 2.32. The molecule has 0 bridgehead atoms. The highest BCUT2D eigenvalue weighted by atomic mass is 35.5. The average Bonchev–Trinajstić information content (AvgIpc) is 2.20. The molecule has 0 saturated carbocycles. The van der Waals surface area contributed by atoms with Crippen molar-refractivity contribution in [1.29, 1.82) is 0 Å². The van der Waals surface area contributed by atoms with Gasteiger partial charge in [-0.05, 0) is 6.92 Å². The molecular formula is C9H12ClN5O. The van der Waals surface area contributed by atoms with Gasteiger partial charge in [0.15, 0.2) is 0 Å². The predicted molar refractivity (Wildman–Crippen MR) is 61.3 cm³/mol. The van der Waals surface area contributed by atoms with E-state index in [4.69, 9.17) is 17.3 Å². The Hall–Kier alpha value is -1.56. The van der Waals surface area contributed by atoms with Gasteiger partial charge in [-0.3, -0.25) is 4.79 Å². The van der Waals surface area contributed by atoms with E-state index < -0.39 is 0 Å². The molecule has 0 aromatic carbocycles. The van der Waals surface area contributed by atoms with Gasteiger partial charge in [0.1, 0.15) is 17.0 Å². The van der Waals surface area contributed by atoms with Gasteiger partial charge in [0.2, 0.25) is 11.9 Å². The molecule has 7 heteroatoms. The highest BCUT2D eigenvalue weighted by molar-refractivity contribution is 6.29. The Labute approximate surface area is 97.8 Å². The molecule has 1 amide bonds. The van der Waals surface area contributed by atoms with E-state index in [1.807, 2.05) is 4.90 Å². The zero-order valence-electron chi connectivity index (χ0n) is 8.77. The molecule has 6 nitrogen and oxygen atoms in total. The maximum absolute atomic E-state index is 11.5. The summed E-state index contributed by atoms with van der Waals surface area (Å²) < 4.78 is 0. The fourth-order valence-corrected chi connectivity index (χ4v) is 1.85. The van der Waals surface area contributed by atoms with E-state index in [1.165, 1.54) is 0 Å². The summed E-state index contributed by atoms with van der Waals surface area (Å²) in [5.74, 6) is 0.667. The summed E-state index contributed by atoms with van der Waals surface area (Å²) in [6.07, 6.45) is 0. The molecule has 1 aromatic rings. The van der Waals surface area contributed by atoms with E-state index in [-0.39, 0.29) is 23.1 Å². The lowest BCUT2D eigenvalue weighted by molar-refractivity contribution is -0.122. The summed E-state index contributed by atoms with van der Waals surface area (Å²) in [5.41, 5.74) is 5.51. The Kier molecular flexibility index (Phi) is 2.82. The molecule has 2 rings (SSSR count). The Morgan fingerprint density at radius 1 is 1.62 bits per heavy atom. The van der Waals surface area contributed by atoms with Crippen LogP contribution in [0.3, 0.4) is 0 Å². The first-order chi connectivity index (χ1) is 7.58. The first kappa shape index (κ1) is 10.9. The van der Waals surface area contributed by atoms with E-state index >= 15 is 0 Å². The maximum atomic E-state index is 11.5. The summed E-state index contributed by atoms with van der Waals surface area (Å²) in [5, 5.41) is 3.05. The highest BCUT2D eigenvalue weighted by Gasteiger charge is 2.26. The molecular weight excluding hydrogens is 230 g/mol. The number of carbonyl (C=O) groups excluding carboxylic acids is 1. The molecule has 0 radical (unpaired) electrons. The molecule has 1 unspecified atom stereocenters. The monoisotopic (exact) mass is 241 g/mol. The molecule has 86 valence electrons. The second kappa shape index (κ2) is 4.13. The summed E-state index contributed by atoms with van der Waals surface area (Å²) in [4.78, 5) is 21.2. The van der Waals surface area contributed by atoms with Gasteiger partial charge >= 0.3 is 0 Å². The molecule has 1 aromatic heterocycles. The van der Waals surface area contributed by atoms with Crippen LogP contribution in [0.1, 0.15) is 6.92 Å². The summed E-state index contributed by atoms with van der Waals surface area (Å²) in [7, 11) is 0. The van der Waals surface area contributed by atoms with Crippen LogP contribution < -0.4 is 16.0 Å². The molecule has 2 heterocycles. The number of rotatable bonds is 1. The molecule has 1 saturated heterocycles. The Bertz CT molecular complexity index is 404. The topological polar surface area (TPSA) is 84.1 Å². The predicted octanol–water partition coefficient (Wildman–Crippen LogP) is 0.0369. The minimum absolute atomic E-state index is 0.0282. The number of hydrogen-bond donors (Lipinski definition) is 2. The van der Waals surface area contributed by atoms with Crippen LogP contribution in [0.25, 0.3) is 0 Å². The zero-order chi connectivity index (χ0) is 11.7. The normalized spacial score (nSPS) is 20.8. The van der Waals surface area contributed by atoms with Crippen LogP contribution in [0, 0.1) is 0 Å². The van der Waals surface area contributed by atoms with Crippen molar-refractivity contribution in [3.63, 3.8) is 0 Å². The van der Waals surface area contributed by atoms with Gasteiger partial charge in [-0.1, -0.05) is 11.6 Å². The van der Waals surface area contributed by atoms with Crippen molar-refractivity contribution in [2.24, 2.45) is 0 Å². The second-order valence-electron chi connectivity index (χ2n) is 3.57. The van der Waals surface area contributed by atoms with E-state index in [0.29, 0.717) is 18.9 Å². The lowest BCUT2D eigenvalue weighted by Crippen LogP contribution is -2.54. The Morgan fingerprint density at radius 3 is 3.06 bits per heavy atom. The largest absolute Gasteiger partial charge is 0.368 e. The molecule has 1 aliphatic heterocycles. The van der Waals surface area contributed by atoms with E-state index in [2.05, 4.69) is 15.3 Å². The van der Waals surface area contributed by atoms with Crippen LogP contribution in [0.15, 0.2) is 6.07 Å². The molecule has 1 aliphatic rings. The number of anilines is 2. The average molecular weight is 242 g/mol. The summed E-state index contributed by atoms with van der Waals surface area (Å²) in [6, 6.07) is 1.33. The third kappa shape index (κ3) is 2.01. The maximum Gasteiger partial charge on any atom is 0.242 e. The number of nitrogens with zero attached hydrogens (tertiary/aromatic N) is 3. The number of hydrogen-bond acceptors (Lipinski definition) is 5. The lowest BCUT2D eigenvalue weighted by atomic mass is 10.2. The number of amides is 1. The second-order valence-corrected chi connectivity index (χ2v) is 3.95. The quantitative estimate of drug-likeness (QED) is 0.678. The van der Waals surface area contributed by atoms with E-state index in [0.717, 1.165) is 0 Å². The van der Waals surface area contributed by atoms with Crippen LogP contribution in [0.2, 0.25) is 5.15 Å². The number of nitrogen functional groups attached to an aromatic ring is 1. The van der Waals surface area contributed by atoms with Crippen molar-refractivity contribution >= 4 is 29.3 Å². The van der Waals surface area contributed by atoms with Crippen molar-refractivity contribution < 1.29 is 4.79 Å². The SMILES string of the molecule is CC1C(=O)NCCN1c1cc(Cl)nc(N)n1. The van der Waals surface area contributed by atoms with Crippen LogP contribution in [0.5, 0.6) is 0 Å². The molecule has 3 N–H and O–H groups in total. The first-order valence-electron chi connectivity index (χ1n) is 4.92. The number of nitrogens with one attached hydrogen (secondary N) is 1. The smallest absolute Gasteiger partial charge is 0.242 e. The minimum Gasteiger partial charge on any atom is -0.368 e. The first-order valence-corrected chi connectivity index (χ1v) is 5.30. The number of nitrogens with two attached hydrogens (primary N) is 1. The van der Waals surface area contributed by atoms with Crippen molar-refractivity contribution in [2.45, 2.75) is 13.0 Å². The van der Waals surface area contributed by atoms with Gasteiger partial charge in [-0.15, -0.1) is 0 Å². The molecule has 1 atom stereocenters. The summed E-state index contributed by atoms with van der Waals surface area (Å²) in [6.45, 7) is 3.07. The van der Waals surface area contributed by atoms with Crippen LogP contribution in [0.4, 0.5) is 11.8 Å². The third-order valence-electron chi connectivity index (χ3n) is 2.49. The molecule has 0 aliphatic carbocycles. The van der Waals surface area contributed by atoms with Crippen molar-refractivity contribution in [1.82, 2.24) is 15.3 Å². The number of carbonyl (C=O) groups is 1. The fourth-order valence-electron chi connectivity index (χ4n) is 1.67. The van der Waals surface area contributed by atoms with Crippen molar-refractivity contribution in [2.75, 3.05) is 23.7 Å².